The van der Waals surface area contributed by atoms with Crippen LogP contribution in [0.25, 0.3) is 0 Å². The summed E-state index contributed by atoms with van der Waals surface area (Å²) >= 11 is 5.75. The predicted molar refractivity (Wildman–Crippen MR) is 65.8 cm³/mol. The molecule has 0 N–H and O–H groups in total. The van der Waals surface area contributed by atoms with Crippen LogP contribution in [0.5, 0.6) is 11.6 Å². The Labute approximate surface area is 104 Å². The average Bonchev–Trinajstić information content (AvgIpc) is 2.29. The summed E-state index contributed by atoms with van der Waals surface area (Å²) in [5, 5.41) is 0.366. The van der Waals surface area contributed by atoms with E-state index in [1.807, 2.05) is 0 Å². The molecule has 0 spiro atoms. The molecule has 0 saturated carbocycles. The molecule has 3 nitrogen and oxygen atoms in total. The van der Waals surface area contributed by atoms with E-state index in [2.05, 4.69) is 4.98 Å². The number of hydrogen-bond acceptors (Lipinski definition) is 3. The summed E-state index contributed by atoms with van der Waals surface area (Å²) in [7, 11) is 0. The number of carbonyl (C=O) groups excluding carboxylic acids is 1. The Balaban J connectivity index is 2.24. The van der Waals surface area contributed by atoms with Gasteiger partial charge in [0.25, 0.3) is 0 Å². The lowest BCUT2D eigenvalue weighted by molar-refractivity contribution is 0.101. The van der Waals surface area contributed by atoms with Gasteiger partial charge in [-0.05, 0) is 25.1 Å². The molecule has 4 heteroatoms. The quantitative estimate of drug-likeness (QED) is 0.613. The minimum Gasteiger partial charge on any atom is -0.439 e. The fourth-order valence-corrected chi connectivity index (χ4v) is 1.50. The first kappa shape index (κ1) is 11.6. The fourth-order valence-electron chi connectivity index (χ4n) is 1.35. The number of halogens is 1. The third-order valence-corrected chi connectivity index (χ3v) is 2.36. The van der Waals surface area contributed by atoms with E-state index in [1.165, 1.54) is 6.92 Å². The molecule has 0 fully saturated rings. The molecule has 0 aliphatic heterocycles. The maximum atomic E-state index is 11.2. The maximum Gasteiger partial charge on any atom is 0.220 e. The average molecular weight is 248 g/mol. The van der Waals surface area contributed by atoms with Crippen LogP contribution in [0.1, 0.15) is 17.3 Å². The van der Waals surface area contributed by atoms with Crippen molar-refractivity contribution in [2.24, 2.45) is 0 Å². The van der Waals surface area contributed by atoms with E-state index in [4.69, 9.17) is 16.3 Å². The third-order valence-electron chi connectivity index (χ3n) is 2.15. The number of pyridine rings is 1. The Bertz CT molecular complexity index is 555. The van der Waals surface area contributed by atoms with Crippen molar-refractivity contribution < 1.29 is 9.53 Å². The van der Waals surface area contributed by atoms with Crippen molar-refractivity contribution in [1.82, 2.24) is 4.98 Å². The Kier molecular flexibility index (Phi) is 3.40. The minimum absolute atomic E-state index is 0.00509. The van der Waals surface area contributed by atoms with Gasteiger partial charge < -0.3 is 4.74 Å². The molecule has 86 valence electrons. The smallest absolute Gasteiger partial charge is 0.220 e. The molecule has 0 unspecified atom stereocenters. The van der Waals surface area contributed by atoms with Crippen molar-refractivity contribution in [3.05, 3.63) is 53.2 Å². The van der Waals surface area contributed by atoms with Crippen molar-refractivity contribution in [2.45, 2.75) is 6.92 Å². The van der Waals surface area contributed by atoms with Gasteiger partial charge in [-0.1, -0.05) is 29.8 Å². The van der Waals surface area contributed by atoms with Gasteiger partial charge in [0.15, 0.2) is 5.78 Å². The SMILES string of the molecule is CC(=O)c1cccc(Oc2cccc(Cl)n2)c1. The maximum absolute atomic E-state index is 11.2. The molecule has 17 heavy (non-hydrogen) atoms. The van der Waals surface area contributed by atoms with E-state index >= 15 is 0 Å². The molecule has 1 heterocycles. The van der Waals surface area contributed by atoms with Crippen LogP contribution in [0.2, 0.25) is 5.15 Å². The number of ether oxygens (including phenoxy) is 1. The minimum atomic E-state index is -0.00509. The lowest BCUT2D eigenvalue weighted by Crippen LogP contribution is -1.93. The largest absolute Gasteiger partial charge is 0.439 e. The number of Topliss-reactive ketones (excluding diaryl/α,β-unsaturated/α-hetero) is 1. The van der Waals surface area contributed by atoms with Crippen LogP contribution >= 0.6 is 11.6 Å². The van der Waals surface area contributed by atoms with Crippen LogP contribution in [0.4, 0.5) is 0 Å². The number of hydrogen-bond donors (Lipinski definition) is 0. The first-order chi connectivity index (χ1) is 8.15. The number of rotatable bonds is 3. The van der Waals surface area contributed by atoms with Gasteiger partial charge >= 0.3 is 0 Å². The standard InChI is InChI=1S/C13H10ClNO2/c1-9(16)10-4-2-5-11(8-10)17-13-7-3-6-12(14)15-13/h2-8H,1H3. The number of nitrogens with zero attached hydrogens (tertiary/aromatic N) is 1. The number of aromatic nitrogens is 1. The van der Waals surface area contributed by atoms with Gasteiger partial charge in [0, 0.05) is 11.6 Å². The predicted octanol–water partition coefficient (Wildman–Crippen LogP) is 3.73. The number of benzene rings is 1. The fraction of sp³-hybridized carbons (Fsp3) is 0.0769. The highest BCUT2D eigenvalue weighted by Gasteiger charge is 2.03. The molecule has 2 rings (SSSR count). The van der Waals surface area contributed by atoms with Crippen molar-refractivity contribution >= 4 is 17.4 Å². The monoisotopic (exact) mass is 247 g/mol. The van der Waals surface area contributed by atoms with E-state index in [-0.39, 0.29) is 5.78 Å². The molecule has 0 aliphatic rings. The summed E-state index contributed by atoms with van der Waals surface area (Å²) in [6, 6.07) is 12.0. The highest BCUT2D eigenvalue weighted by molar-refractivity contribution is 6.29. The Hall–Kier alpha value is -1.87. The van der Waals surface area contributed by atoms with Crippen molar-refractivity contribution in [1.29, 1.82) is 0 Å². The van der Waals surface area contributed by atoms with Gasteiger partial charge in [0.1, 0.15) is 10.9 Å². The highest BCUT2D eigenvalue weighted by atomic mass is 35.5. The summed E-state index contributed by atoms with van der Waals surface area (Å²) in [6.45, 7) is 1.51. The normalized spacial score (nSPS) is 10.0. The summed E-state index contributed by atoms with van der Waals surface area (Å²) in [5.41, 5.74) is 0.601. The van der Waals surface area contributed by atoms with E-state index in [9.17, 15) is 4.79 Å². The summed E-state index contributed by atoms with van der Waals surface area (Å²) in [4.78, 5) is 15.2. The Morgan fingerprint density at radius 3 is 2.71 bits per heavy atom. The molecule has 2 aromatic rings. The topological polar surface area (TPSA) is 39.2 Å². The van der Waals surface area contributed by atoms with Crippen molar-refractivity contribution in [3.63, 3.8) is 0 Å². The zero-order valence-corrected chi connectivity index (χ0v) is 9.94. The number of ketones is 1. The number of carbonyl (C=O) groups is 1. The van der Waals surface area contributed by atoms with Crippen molar-refractivity contribution in [3.8, 4) is 11.6 Å². The lowest BCUT2D eigenvalue weighted by Gasteiger charge is -2.05. The molecule has 0 radical (unpaired) electrons. The lowest BCUT2D eigenvalue weighted by atomic mass is 10.1. The van der Waals surface area contributed by atoms with Gasteiger partial charge in [-0.15, -0.1) is 0 Å². The first-order valence-electron chi connectivity index (χ1n) is 5.06. The van der Waals surface area contributed by atoms with Crippen LogP contribution in [0.3, 0.4) is 0 Å². The molecule has 0 atom stereocenters. The zero-order chi connectivity index (χ0) is 12.3. The van der Waals surface area contributed by atoms with Gasteiger partial charge in [-0.3, -0.25) is 4.79 Å². The molecule has 0 aliphatic carbocycles. The van der Waals surface area contributed by atoms with Crippen molar-refractivity contribution in [2.75, 3.05) is 0 Å². The van der Waals surface area contributed by atoms with E-state index in [1.54, 1.807) is 42.5 Å². The second-order valence-electron chi connectivity index (χ2n) is 3.48. The summed E-state index contributed by atoms with van der Waals surface area (Å²) < 4.78 is 5.50. The van der Waals surface area contributed by atoms with Crippen LogP contribution < -0.4 is 4.74 Å². The molecular formula is C13H10ClNO2. The van der Waals surface area contributed by atoms with Gasteiger partial charge in [0.2, 0.25) is 5.88 Å². The first-order valence-corrected chi connectivity index (χ1v) is 5.44. The second-order valence-corrected chi connectivity index (χ2v) is 3.87. The third kappa shape index (κ3) is 3.04. The summed E-state index contributed by atoms with van der Waals surface area (Å²) in [6.07, 6.45) is 0. The van der Waals surface area contributed by atoms with Crippen LogP contribution in [0, 0.1) is 0 Å². The molecule has 1 aromatic heterocycles. The highest BCUT2D eigenvalue weighted by Crippen LogP contribution is 2.21. The van der Waals surface area contributed by atoms with Gasteiger partial charge in [0.05, 0.1) is 0 Å². The van der Waals surface area contributed by atoms with E-state index < -0.39 is 0 Å². The van der Waals surface area contributed by atoms with Crippen LogP contribution in [-0.2, 0) is 0 Å². The Morgan fingerprint density at radius 2 is 2.00 bits per heavy atom. The van der Waals surface area contributed by atoms with E-state index in [0.29, 0.717) is 22.3 Å². The Morgan fingerprint density at radius 1 is 1.24 bits per heavy atom. The van der Waals surface area contributed by atoms with Crippen LogP contribution in [-0.4, -0.2) is 10.8 Å². The van der Waals surface area contributed by atoms with Gasteiger partial charge in [-0.2, -0.15) is 0 Å². The van der Waals surface area contributed by atoms with E-state index in [0.717, 1.165) is 0 Å². The second kappa shape index (κ2) is 4.97. The molecule has 1 aromatic carbocycles. The molecule has 0 saturated heterocycles. The van der Waals surface area contributed by atoms with Gasteiger partial charge in [-0.25, -0.2) is 4.98 Å². The van der Waals surface area contributed by atoms with Crippen LogP contribution in [0.15, 0.2) is 42.5 Å². The summed E-state index contributed by atoms with van der Waals surface area (Å²) in [5.74, 6) is 0.958. The molecular weight excluding hydrogens is 238 g/mol. The molecule has 0 bridgehead atoms. The molecule has 0 amide bonds. The zero-order valence-electron chi connectivity index (χ0n) is 9.18.